The van der Waals surface area contributed by atoms with Crippen molar-refractivity contribution in [2.45, 2.75) is 24.3 Å². The summed E-state index contributed by atoms with van der Waals surface area (Å²) < 4.78 is 20.9. The highest BCUT2D eigenvalue weighted by atomic mass is 32.2. The van der Waals surface area contributed by atoms with Crippen LogP contribution < -0.4 is 29.8 Å². The van der Waals surface area contributed by atoms with Gasteiger partial charge in [0.2, 0.25) is 0 Å². The highest BCUT2D eigenvalue weighted by molar-refractivity contribution is 8.01. The molecule has 2 unspecified atom stereocenters. The number of hydrogen-bond donors (Lipinski definition) is 2. The molecule has 188 valence electrons. The fraction of sp³-hybridized carbons (Fsp3) is 0.333. The molecule has 0 bridgehead atoms. The van der Waals surface area contributed by atoms with Crippen molar-refractivity contribution in [3.05, 3.63) is 47.5 Å². The third kappa shape index (κ3) is 8.21. The summed E-state index contributed by atoms with van der Waals surface area (Å²) in [4.78, 5) is 24.7. The van der Waals surface area contributed by atoms with Gasteiger partial charge in [-0.1, -0.05) is 0 Å². The van der Waals surface area contributed by atoms with Crippen LogP contribution in [0.25, 0.3) is 0 Å². The standard InChI is InChI=1S/C24H30N4O6S/c1-15(23(29)27-25-13-17-7-9-19(31-3)21(11-17)33-5)35-16(2)24(30)28-26-14-18-8-10-20(32-4)22(12-18)34-6/h7-16H,1-6H3,(H,27,29)(H,28,30)/b25-13+,26-14+. The number of nitrogens with one attached hydrogen (secondary N) is 2. The van der Waals surface area contributed by atoms with Gasteiger partial charge >= 0.3 is 0 Å². The maximum Gasteiger partial charge on any atom is 0.252 e. The number of carbonyl (C=O) groups excluding carboxylic acids is 2. The number of benzene rings is 2. The number of nitrogens with zero attached hydrogens (tertiary/aromatic N) is 2. The monoisotopic (exact) mass is 502 g/mol. The zero-order valence-corrected chi connectivity index (χ0v) is 21.3. The Kier molecular flexibility index (Phi) is 10.9. The molecule has 0 spiro atoms. The molecule has 0 aliphatic carbocycles. The molecule has 0 fully saturated rings. The Labute approximate surface area is 209 Å². The predicted octanol–water partition coefficient (Wildman–Crippen LogP) is 2.83. The minimum Gasteiger partial charge on any atom is -0.493 e. The van der Waals surface area contributed by atoms with Crippen molar-refractivity contribution in [2.24, 2.45) is 10.2 Å². The molecule has 2 aromatic rings. The Morgan fingerprint density at radius 2 is 1.09 bits per heavy atom. The molecule has 2 atom stereocenters. The molecule has 2 N–H and O–H groups in total. The van der Waals surface area contributed by atoms with Crippen LogP contribution in [0.1, 0.15) is 25.0 Å². The van der Waals surface area contributed by atoms with Crippen molar-refractivity contribution in [1.82, 2.24) is 10.9 Å². The lowest BCUT2D eigenvalue weighted by atomic mass is 10.2. The summed E-state index contributed by atoms with van der Waals surface area (Å²) in [7, 11) is 6.18. The van der Waals surface area contributed by atoms with Crippen LogP contribution in [0.3, 0.4) is 0 Å². The van der Waals surface area contributed by atoms with Crippen LogP contribution in [0.5, 0.6) is 23.0 Å². The minimum absolute atomic E-state index is 0.333. The molecule has 10 nitrogen and oxygen atoms in total. The maximum absolute atomic E-state index is 12.4. The zero-order chi connectivity index (χ0) is 25.8. The third-order valence-corrected chi connectivity index (χ3v) is 5.98. The second-order valence-corrected chi connectivity index (χ2v) is 8.80. The lowest BCUT2D eigenvalue weighted by molar-refractivity contribution is -0.120. The smallest absolute Gasteiger partial charge is 0.252 e. The molecule has 35 heavy (non-hydrogen) atoms. The van der Waals surface area contributed by atoms with Gasteiger partial charge in [0, 0.05) is 0 Å². The number of thioether (sulfide) groups is 1. The zero-order valence-electron chi connectivity index (χ0n) is 20.5. The van der Waals surface area contributed by atoms with Gasteiger partial charge in [0.1, 0.15) is 0 Å². The van der Waals surface area contributed by atoms with Gasteiger partial charge in [-0.2, -0.15) is 10.2 Å². The van der Waals surface area contributed by atoms with Crippen LogP contribution in [0.4, 0.5) is 0 Å². The van der Waals surface area contributed by atoms with Gasteiger partial charge in [0.25, 0.3) is 11.8 Å². The lowest BCUT2D eigenvalue weighted by Gasteiger charge is -2.14. The summed E-state index contributed by atoms with van der Waals surface area (Å²) in [5.74, 6) is 1.64. The van der Waals surface area contributed by atoms with E-state index in [1.54, 1.807) is 64.5 Å². The Bertz CT molecular complexity index is 992. The summed E-state index contributed by atoms with van der Waals surface area (Å²) in [6.45, 7) is 3.39. The largest absolute Gasteiger partial charge is 0.493 e. The van der Waals surface area contributed by atoms with Crippen LogP contribution in [0, 0.1) is 0 Å². The molecule has 0 saturated carbocycles. The summed E-state index contributed by atoms with van der Waals surface area (Å²) in [6.07, 6.45) is 2.99. The van der Waals surface area contributed by atoms with E-state index in [4.69, 9.17) is 18.9 Å². The number of methoxy groups -OCH3 is 4. The maximum atomic E-state index is 12.4. The van der Waals surface area contributed by atoms with Crippen LogP contribution in [0.15, 0.2) is 46.6 Å². The number of rotatable bonds is 12. The summed E-state index contributed by atoms with van der Waals surface area (Å²) in [6, 6.07) is 10.5. The first kappa shape index (κ1) is 27.5. The van der Waals surface area contributed by atoms with Crippen molar-refractivity contribution in [3.8, 4) is 23.0 Å². The minimum atomic E-state index is -0.520. The van der Waals surface area contributed by atoms with Gasteiger partial charge in [0.05, 0.1) is 51.4 Å². The highest BCUT2D eigenvalue weighted by Gasteiger charge is 2.21. The first-order valence-corrected chi connectivity index (χ1v) is 11.5. The van der Waals surface area contributed by atoms with Gasteiger partial charge in [0.15, 0.2) is 23.0 Å². The first-order chi connectivity index (χ1) is 16.8. The predicted molar refractivity (Wildman–Crippen MR) is 137 cm³/mol. The topological polar surface area (TPSA) is 120 Å². The third-order valence-electron chi connectivity index (χ3n) is 4.74. The van der Waals surface area contributed by atoms with Crippen LogP contribution in [-0.4, -0.2) is 63.2 Å². The summed E-state index contributed by atoms with van der Waals surface area (Å²) in [5, 5.41) is 6.92. The molecular weight excluding hydrogens is 472 g/mol. The second-order valence-electron chi connectivity index (χ2n) is 7.12. The summed E-state index contributed by atoms with van der Waals surface area (Å²) in [5.41, 5.74) is 6.41. The first-order valence-electron chi connectivity index (χ1n) is 10.6. The van der Waals surface area contributed by atoms with E-state index in [1.807, 2.05) is 0 Å². The van der Waals surface area contributed by atoms with E-state index in [9.17, 15) is 9.59 Å². The van der Waals surface area contributed by atoms with E-state index >= 15 is 0 Å². The van der Waals surface area contributed by atoms with Gasteiger partial charge in [-0.15, -0.1) is 11.8 Å². The molecule has 2 amide bonds. The fourth-order valence-corrected chi connectivity index (χ4v) is 3.78. The van der Waals surface area contributed by atoms with Crippen molar-refractivity contribution >= 4 is 36.0 Å². The molecule has 2 rings (SSSR count). The van der Waals surface area contributed by atoms with Crippen LogP contribution in [0.2, 0.25) is 0 Å². The van der Waals surface area contributed by atoms with Gasteiger partial charge in [-0.25, -0.2) is 10.9 Å². The molecule has 0 radical (unpaired) electrons. The number of hydrogen-bond acceptors (Lipinski definition) is 9. The molecule has 0 aromatic heterocycles. The molecular formula is C24H30N4O6S. The van der Waals surface area contributed by atoms with Crippen molar-refractivity contribution in [1.29, 1.82) is 0 Å². The number of carbonyl (C=O) groups is 2. The van der Waals surface area contributed by atoms with E-state index in [2.05, 4.69) is 21.1 Å². The lowest BCUT2D eigenvalue weighted by Crippen LogP contribution is -2.33. The average Bonchev–Trinajstić information content (AvgIpc) is 2.87. The Morgan fingerprint density at radius 3 is 1.43 bits per heavy atom. The molecule has 0 saturated heterocycles. The Hall–Kier alpha value is -3.73. The fourth-order valence-electron chi connectivity index (χ4n) is 2.82. The van der Waals surface area contributed by atoms with Gasteiger partial charge in [-0.05, 0) is 61.4 Å². The van der Waals surface area contributed by atoms with Gasteiger partial charge in [-0.3, -0.25) is 9.59 Å². The van der Waals surface area contributed by atoms with E-state index in [-0.39, 0.29) is 11.8 Å². The number of hydrazone groups is 2. The Morgan fingerprint density at radius 1 is 0.714 bits per heavy atom. The van der Waals surface area contributed by atoms with E-state index in [0.717, 1.165) is 11.1 Å². The molecule has 0 aliphatic heterocycles. The quantitative estimate of drug-likeness (QED) is 0.338. The number of amides is 2. The molecule has 0 aliphatic rings. The van der Waals surface area contributed by atoms with Crippen LogP contribution in [-0.2, 0) is 9.59 Å². The highest BCUT2D eigenvalue weighted by Crippen LogP contribution is 2.27. The van der Waals surface area contributed by atoms with Gasteiger partial charge < -0.3 is 18.9 Å². The molecule has 0 heterocycles. The normalized spacial score (nSPS) is 12.7. The number of ether oxygens (including phenoxy) is 4. The SMILES string of the molecule is COc1ccc(/C=N/NC(=O)C(C)SC(C)C(=O)N/N=C/c2ccc(OC)c(OC)c2)cc1OC. The van der Waals surface area contributed by atoms with E-state index in [1.165, 1.54) is 38.4 Å². The van der Waals surface area contributed by atoms with E-state index < -0.39 is 10.5 Å². The molecule has 2 aromatic carbocycles. The molecule has 11 heteroatoms. The van der Waals surface area contributed by atoms with E-state index in [0.29, 0.717) is 23.0 Å². The summed E-state index contributed by atoms with van der Waals surface area (Å²) >= 11 is 1.19. The van der Waals surface area contributed by atoms with Crippen molar-refractivity contribution in [3.63, 3.8) is 0 Å². The Balaban J connectivity index is 1.84. The average molecular weight is 503 g/mol. The van der Waals surface area contributed by atoms with Crippen molar-refractivity contribution in [2.75, 3.05) is 28.4 Å². The second kappa shape index (κ2) is 13.9. The van der Waals surface area contributed by atoms with Crippen molar-refractivity contribution < 1.29 is 28.5 Å². The van der Waals surface area contributed by atoms with Crippen LogP contribution >= 0.6 is 11.8 Å².